The van der Waals surface area contributed by atoms with Gasteiger partial charge in [0.1, 0.15) is 0 Å². The van der Waals surface area contributed by atoms with Crippen LogP contribution >= 0.6 is 0 Å². The minimum Gasteiger partial charge on any atom is -0.0995 e. The summed E-state index contributed by atoms with van der Waals surface area (Å²) in [6.07, 6.45) is 1.10. The predicted octanol–water partition coefficient (Wildman–Crippen LogP) is 3.56. The largest absolute Gasteiger partial charge is 0.0995 e. The Hall–Kier alpha value is -0.823. The van der Waals surface area contributed by atoms with Crippen molar-refractivity contribution in [2.75, 3.05) is 0 Å². The van der Waals surface area contributed by atoms with Crippen LogP contribution in [0.3, 0.4) is 0 Å². The lowest BCUT2D eigenvalue weighted by atomic mass is 10.1. The van der Waals surface area contributed by atoms with Gasteiger partial charge in [-0.3, -0.25) is 0 Å². The fourth-order valence-electron chi connectivity index (χ4n) is 1.39. The van der Waals surface area contributed by atoms with E-state index in [0.29, 0.717) is 0 Å². The molecule has 0 aliphatic carbocycles. The SMILES string of the molecule is C=C(c1ccccc1CC)[Si](C)C. The molecule has 0 fully saturated rings. The molecule has 1 radical (unpaired) electrons. The van der Waals surface area contributed by atoms with Crippen molar-refractivity contribution in [2.45, 2.75) is 26.4 Å². The molecule has 0 aromatic heterocycles. The van der Waals surface area contributed by atoms with E-state index in [-0.39, 0.29) is 0 Å². The Morgan fingerprint density at radius 3 is 2.46 bits per heavy atom. The standard InChI is InChI=1S/C12H17Si/c1-5-11-8-6-7-9-12(11)10(2)13(3)4/h6-9H,2,5H2,1,3-4H3. The Morgan fingerprint density at radius 2 is 1.92 bits per heavy atom. The van der Waals surface area contributed by atoms with Crippen LogP contribution in [0.1, 0.15) is 18.1 Å². The van der Waals surface area contributed by atoms with E-state index >= 15 is 0 Å². The van der Waals surface area contributed by atoms with E-state index in [1.54, 1.807) is 0 Å². The third-order valence-corrected chi connectivity index (χ3v) is 3.80. The van der Waals surface area contributed by atoms with Crippen molar-refractivity contribution in [2.24, 2.45) is 0 Å². The van der Waals surface area contributed by atoms with Gasteiger partial charge in [-0.05, 0) is 17.5 Å². The third-order valence-electron chi connectivity index (χ3n) is 2.33. The first kappa shape index (κ1) is 10.3. The van der Waals surface area contributed by atoms with E-state index in [1.165, 1.54) is 16.3 Å². The molecule has 1 rings (SSSR count). The maximum absolute atomic E-state index is 4.18. The first-order valence-corrected chi connectivity index (χ1v) is 7.24. The van der Waals surface area contributed by atoms with Gasteiger partial charge in [0.05, 0.1) is 8.80 Å². The molecule has 1 aromatic carbocycles. The molecule has 0 saturated heterocycles. The number of rotatable bonds is 3. The molecule has 0 nitrogen and oxygen atoms in total. The molecular weight excluding hydrogens is 172 g/mol. The lowest BCUT2D eigenvalue weighted by Crippen LogP contribution is -2.05. The smallest absolute Gasteiger partial charge is 0.0791 e. The Balaban J connectivity index is 3.06. The molecule has 13 heavy (non-hydrogen) atoms. The van der Waals surface area contributed by atoms with Gasteiger partial charge in [0.2, 0.25) is 0 Å². The van der Waals surface area contributed by atoms with Gasteiger partial charge in [-0.2, -0.15) is 0 Å². The Morgan fingerprint density at radius 1 is 1.31 bits per heavy atom. The minimum atomic E-state index is -0.391. The number of hydrogen-bond acceptors (Lipinski definition) is 0. The fraction of sp³-hybridized carbons (Fsp3) is 0.333. The van der Waals surface area contributed by atoms with Crippen molar-refractivity contribution in [1.29, 1.82) is 0 Å². The zero-order valence-electron chi connectivity index (χ0n) is 8.72. The van der Waals surface area contributed by atoms with Crippen LogP contribution in [0.25, 0.3) is 5.20 Å². The van der Waals surface area contributed by atoms with E-state index in [2.05, 4.69) is 50.9 Å². The van der Waals surface area contributed by atoms with Crippen molar-refractivity contribution in [1.82, 2.24) is 0 Å². The van der Waals surface area contributed by atoms with Crippen LogP contribution in [0, 0.1) is 0 Å². The topological polar surface area (TPSA) is 0 Å². The molecule has 0 atom stereocenters. The van der Waals surface area contributed by atoms with Gasteiger partial charge < -0.3 is 0 Å². The van der Waals surface area contributed by atoms with Crippen molar-refractivity contribution < 1.29 is 0 Å². The van der Waals surface area contributed by atoms with Gasteiger partial charge in [-0.15, -0.1) is 0 Å². The van der Waals surface area contributed by atoms with Crippen LogP contribution in [0.4, 0.5) is 0 Å². The predicted molar refractivity (Wildman–Crippen MR) is 62.3 cm³/mol. The molecule has 0 heterocycles. The summed E-state index contributed by atoms with van der Waals surface area (Å²) in [6.45, 7) is 11.0. The van der Waals surface area contributed by atoms with Crippen molar-refractivity contribution >= 4 is 14.0 Å². The first-order valence-electron chi connectivity index (χ1n) is 4.74. The quantitative estimate of drug-likeness (QED) is 0.638. The second-order valence-electron chi connectivity index (χ2n) is 3.49. The minimum absolute atomic E-state index is 0.391. The average Bonchev–Trinajstić information content (AvgIpc) is 2.16. The molecule has 0 unspecified atom stereocenters. The summed E-state index contributed by atoms with van der Waals surface area (Å²) in [5.74, 6) is 0. The highest BCUT2D eigenvalue weighted by Gasteiger charge is 2.07. The highest BCUT2D eigenvalue weighted by molar-refractivity contribution is 6.76. The van der Waals surface area contributed by atoms with Crippen LogP contribution in [-0.2, 0) is 6.42 Å². The highest BCUT2D eigenvalue weighted by Crippen LogP contribution is 2.20. The van der Waals surface area contributed by atoms with Crippen molar-refractivity contribution in [3.05, 3.63) is 42.0 Å². The van der Waals surface area contributed by atoms with E-state index in [9.17, 15) is 0 Å². The molecule has 0 spiro atoms. The van der Waals surface area contributed by atoms with E-state index in [0.717, 1.165) is 6.42 Å². The van der Waals surface area contributed by atoms with Gasteiger partial charge in [-0.1, -0.05) is 56.1 Å². The van der Waals surface area contributed by atoms with E-state index in [4.69, 9.17) is 0 Å². The molecule has 0 bridgehead atoms. The van der Waals surface area contributed by atoms with Crippen LogP contribution in [0.15, 0.2) is 30.8 Å². The van der Waals surface area contributed by atoms with E-state index < -0.39 is 8.80 Å². The Bertz CT molecular complexity index is 300. The van der Waals surface area contributed by atoms with Crippen molar-refractivity contribution in [3.8, 4) is 0 Å². The highest BCUT2D eigenvalue weighted by atomic mass is 28.3. The summed E-state index contributed by atoms with van der Waals surface area (Å²) >= 11 is 0. The third kappa shape index (κ3) is 2.31. The average molecular weight is 189 g/mol. The lowest BCUT2D eigenvalue weighted by molar-refractivity contribution is 1.13. The van der Waals surface area contributed by atoms with Gasteiger partial charge in [0, 0.05) is 0 Å². The molecule has 0 amide bonds. The molecule has 0 N–H and O–H groups in total. The summed E-state index contributed by atoms with van der Waals surface area (Å²) in [5.41, 5.74) is 2.81. The normalized spacial score (nSPS) is 10.5. The first-order chi connectivity index (χ1) is 6.16. The number of benzene rings is 1. The molecule has 0 saturated carbocycles. The van der Waals surface area contributed by atoms with Crippen LogP contribution in [0.5, 0.6) is 0 Å². The summed E-state index contributed by atoms with van der Waals surface area (Å²) < 4.78 is 0. The van der Waals surface area contributed by atoms with Crippen molar-refractivity contribution in [3.63, 3.8) is 0 Å². The molecule has 0 aliphatic heterocycles. The molecule has 0 aliphatic rings. The number of aryl methyl sites for hydroxylation is 1. The summed E-state index contributed by atoms with van der Waals surface area (Å²) in [4.78, 5) is 0. The summed E-state index contributed by atoms with van der Waals surface area (Å²) in [7, 11) is -0.391. The van der Waals surface area contributed by atoms with Crippen LogP contribution in [-0.4, -0.2) is 8.80 Å². The van der Waals surface area contributed by atoms with Crippen LogP contribution < -0.4 is 0 Å². The van der Waals surface area contributed by atoms with E-state index in [1.807, 2.05) is 0 Å². The monoisotopic (exact) mass is 189 g/mol. The Labute approximate surface area is 82.9 Å². The van der Waals surface area contributed by atoms with Gasteiger partial charge >= 0.3 is 0 Å². The lowest BCUT2D eigenvalue weighted by Gasteiger charge is -2.12. The zero-order chi connectivity index (χ0) is 9.84. The maximum atomic E-state index is 4.18. The summed E-state index contributed by atoms with van der Waals surface area (Å²) in [5, 5.41) is 1.35. The second kappa shape index (κ2) is 4.42. The molecule has 1 aromatic rings. The Kier molecular flexibility index (Phi) is 3.49. The molecule has 1 heteroatoms. The van der Waals surface area contributed by atoms with Crippen LogP contribution in [0.2, 0.25) is 13.1 Å². The van der Waals surface area contributed by atoms with Gasteiger partial charge in [0.15, 0.2) is 0 Å². The second-order valence-corrected chi connectivity index (χ2v) is 6.09. The molecule has 69 valence electrons. The molecular formula is C12H17Si. The van der Waals surface area contributed by atoms with Gasteiger partial charge in [0.25, 0.3) is 0 Å². The summed E-state index contributed by atoms with van der Waals surface area (Å²) in [6, 6.07) is 8.60. The number of hydrogen-bond donors (Lipinski definition) is 0. The zero-order valence-corrected chi connectivity index (χ0v) is 9.72. The maximum Gasteiger partial charge on any atom is 0.0791 e. The fourth-order valence-corrected chi connectivity index (χ4v) is 2.17. The van der Waals surface area contributed by atoms with Gasteiger partial charge in [-0.25, -0.2) is 0 Å².